The number of hydrogen-bond donors (Lipinski definition) is 1. The fraction of sp³-hybridized carbons (Fsp3) is 0.286. The van der Waals surface area contributed by atoms with Gasteiger partial charge in [0.15, 0.2) is 5.76 Å². The van der Waals surface area contributed by atoms with Gasteiger partial charge >= 0.3 is 0 Å². The van der Waals surface area contributed by atoms with Crippen molar-refractivity contribution in [3.63, 3.8) is 0 Å². The lowest BCUT2D eigenvalue weighted by molar-refractivity contribution is 0.0998. The molecule has 0 aliphatic heterocycles. The number of anilines is 1. The van der Waals surface area contributed by atoms with Crippen molar-refractivity contribution in [1.29, 1.82) is 0 Å². The lowest BCUT2D eigenvalue weighted by atomic mass is 10.1. The molecule has 154 valence electrons. The number of benzene rings is 2. The van der Waals surface area contributed by atoms with Crippen LogP contribution in [0.1, 0.15) is 30.0 Å². The number of carbonyl (C=O) groups excluding carboxylic acids is 1. The minimum absolute atomic E-state index is 0.186. The van der Waals surface area contributed by atoms with Gasteiger partial charge in [0.05, 0.1) is 12.0 Å². The Kier molecular flexibility index (Phi) is 5.95. The van der Waals surface area contributed by atoms with E-state index >= 15 is 0 Å². The van der Waals surface area contributed by atoms with E-state index in [1.807, 2.05) is 6.07 Å². The third-order valence-electron chi connectivity index (χ3n) is 4.80. The Balaban J connectivity index is 1.83. The van der Waals surface area contributed by atoms with Crippen molar-refractivity contribution in [2.45, 2.75) is 25.7 Å². The van der Waals surface area contributed by atoms with Crippen LogP contribution in [0.5, 0.6) is 5.75 Å². The Morgan fingerprint density at radius 2 is 1.76 bits per heavy atom. The first kappa shape index (κ1) is 20.9. The number of nitrogens with one attached hydrogen (secondary N) is 1. The van der Waals surface area contributed by atoms with E-state index in [-0.39, 0.29) is 10.7 Å². The number of rotatable bonds is 7. The topological polar surface area (TPSA) is 88.9 Å². The molecular weight excluding hydrogens is 392 g/mol. The Morgan fingerprint density at radius 3 is 2.34 bits per heavy atom. The van der Waals surface area contributed by atoms with Crippen molar-refractivity contribution in [3.8, 4) is 5.75 Å². The molecule has 0 spiro atoms. The minimum Gasteiger partial charge on any atom is -0.497 e. The average molecular weight is 416 g/mol. The van der Waals surface area contributed by atoms with Gasteiger partial charge in [-0.1, -0.05) is 13.8 Å². The highest BCUT2D eigenvalue weighted by atomic mass is 32.2. The number of hydrogen-bond acceptors (Lipinski definition) is 5. The summed E-state index contributed by atoms with van der Waals surface area (Å²) in [7, 11) is -1.96. The Labute approximate surface area is 170 Å². The molecule has 0 bridgehead atoms. The SMILES string of the molecule is CCN(CC)S(=O)(=O)c1ccc(NC(=O)c2oc3ccc(OC)cc3c2C)cc1. The summed E-state index contributed by atoms with van der Waals surface area (Å²) in [4.78, 5) is 12.9. The third kappa shape index (κ3) is 3.99. The zero-order valence-corrected chi connectivity index (χ0v) is 17.7. The number of aryl methyl sites for hydroxylation is 1. The molecule has 0 fully saturated rings. The third-order valence-corrected chi connectivity index (χ3v) is 6.87. The first-order valence-electron chi connectivity index (χ1n) is 9.30. The molecule has 1 amide bonds. The molecular formula is C21H24N2O5S. The minimum atomic E-state index is -3.54. The van der Waals surface area contributed by atoms with Crippen molar-refractivity contribution >= 4 is 32.6 Å². The fourth-order valence-electron chi connectivity index (χ4n) is 3.15. The smallest absolute Gasteiger partial charge is 0.291 e. The fourth-order valence-corrected chi connectivity index (χ4v) is 4.61. The number of nitrogens with zero attached hydrogens (tertiary/aromatic N) is 1. The van der Waals surface area contributed by atoms with E-state index < -0.39 is 15.9 Å². The number of amides is 1. The monoisotopic (exact) mass is 416 g/mol. The van der Waals surface area contributed by atoms with Crippen LogP contribution in [-0.2, 0) is 10.0 Å². The summed E-state index contributed by atoms with van der Waals surface area (Å²) in [5.41, 5.74) is 1.78. The maximum absolute atomic E-state index is 12.7. The van der Waals surface area contributed by atoms with E-state index in [2.05, 4.69) is 5.32 Å². The van der Waals surface area contributed by atoms with E-state index in [4.69, 9.17) is 9.15 Å². The summed E-state index contributed by atoms with van der Waals surface area (Å²) in [6, 6.07) is 11.4. The lowest BCUT2D eigenvalue weighted by Crippen LogP contribution is -2.30. The van der Waals surface area contributed by atoms with Gasteiger partial charge in [0.1, 0.15) is 11.3 Å². The van der Waals surface area contributed by atoms with E-state index in [0.717, 1.165) is 5.39 Å². The summed E-state index contributed by atoms with van der Waals surface area (Å²) in [6.07, 6.45) is 0. The van der Waals surface area contributed by atoms with Crippen molar-refractivity contribution in [2.75, 3.05) is 25.5 Å². The number of fused-ring (bicyclic) bond motifs is 1. The van der Waals surface area contributed by atoms with Gasteiger partial charge in [-0.05, 0) is 49.4 Å². The van der Waals surface area contributed by atoms with Crippen molar-refractivity contribution < 1.29 is 22.4 Å². The maximum atomic E-state index is 12.7. The van der Waals surface area contributed by atoms with Gasteiger partial charge in [0, 0.05) is 29.7 Å². The quantitative estimate of drug-likeness (QED) is 0.628. The van der Waals surface area contributed by atoms with Gasteiger partial charge in [-0.15, -0.1) is 0 Å². The largest absolute Gasteiger partial charge is 0.497 e. The number of sulfonamides is 1. The average Bonchev–Trinajstić information content (AvgIpc) is 3.05. The molecule has 1 heterocycles. The normalized spacial score (nSPS) is 11.8. The number of furan rings is 1. The second kappa shape index (κ2) is 8.26. The van der Waals surface area contributed by atoms with Gasteiger partial charge < -0.3 is 14.5 Å². The van der Waals surface area contributed by atoms with Crippen LogP contribution in [0.3, 0.4) is 0 Å². The predicted molar refractivity (Wildman–Crippen MR) is 112 cm³/mol. The molecule has 1 N–H and O–H groups in total. The molecule has 2 aromatic carbocycles. The molecule has 1 aromatic heterocycles. The first-order chi connectivity index (χ1) is 13.8. The van der Waals surface area contributed by atoms with Crippen LogP contribution >= 0.6 is 0 Å². The Morgan fingerprint density at radius 1 is 1.10 bits per heavy atom. The number of ether oxygens (including phenoxy) is 1. The van der Waals surface area contributed by atoms with Crippen molar-refractivity contribution in [3.05, 3.63) is 53.8 Å². The Hall–Kier alpha value is -2.84. The molecule has 3 aromatic rings. The summed E-state index contributed by atoms with van der Waals surface area (Å²) in [6.45, 7) is 6.18. The molecule has 0 aliphatic rings. The molecule has 0 atom stereocenters. The van der Waals surface area contributed by atoms with Crippen LogP contribution in [0, 0.1) is 6.92 Å². The predicted octanol–water partition coefficient (Wildman–Crippen LogP) is 4.03. The van der Waals surface area contributed by atoms with Crippen LogP contribution in [0.25, 0.3) is 11.0 Å². The number of methoxy groups -OCH3 is 1. The second-order valence-electron chi connectivity index (χ2n) is 6.49. The summed E-state index contributed by atoms with van der Waals surface area (Å²) in [5.74, 6) is 0.475. The highest BCUT2D eigenvalue weighted by molar-refractivity contribution is 7.89. The molecule has 0 aliphatic carbocycles. The van der Waals surface area contributed by atoms with E-state index in [1.165, 1.54) is 16.4 Å². The van der Waals surface area contributed by atoms with E-state index in [0.29, 0.717) is 35.7 Å². The summed E-state index contributed by atoms with van der Waals surface area (Å²) < 4.78 is 37.4. The van der Waals surface area contributed by atoms with Crippen LogP contribution in [0.4, 0.5) is 5.69 Å². The van der Waals surface area contributed by atoms with Gasteiger partial charge in [0.25, 0.3) is 5.91 Å². The molecule has 29 heavy (non-hydrogen) atoms. The highest BCUT2D eigenvalue weighted by Crippen LogP contribution is 2.29. The van der Waals surface area contributed by atoms with E-state index in [1.54, 1.807) is 52.1 Å². The van der Waals surface area contributed by atoms with Gasteiger partial charge in [0.2, 0.25) is 10.0 Å². The highest BCUT2D eigenvalue weighted by Gasteiger charge is 2.22. The maximum Gasteiger partial charge on any atom is 0.291 e. The molecule has 0 saturated carbocycles. The van der Waals surface area contributed by atoms with Crippen LogP contribution in [0.15, 0.2) is 51.8 Å². The molecule has 0 unspecified atom stereocenters. The molecule has 0 saturated heterocycles. The molecule has 8 heteroatoms. The summed E-state index contributed by atoms with van der Waals surface area (Å²) in [5, 5.41) is 3.55. The van der Waals surface area contributed by atoms with Crippen molar-refractivity contribution in [1.82, 2.24) is 4.31 Å². The standard InChI is InChI=1S/C21H24N2O5S/c1-5-23(6-2)29(25,26)17-10-7-15(8-11-17)22-21(24)20-14(3)18-13-16(27-4)9-12-19(18)28-20/h7-13H,5-6H2,1-4H3,(H,22,24). The van der Waals surface area contributed by atoms with Gasteiger partial charge in [-0.3, -0.25) is 4.79 Å². The molecule has 3 rings (SSSR count). The van der Waals surface area contributed by atoms with Crippen LogP contribution in [-0.4, -0.2) is 38.8 Å². The first-order valence-corrected chi connectivity index (χ1v) is 10.7. The Bertz CT molecular complexity index is 1130. The van der Waals surface area contributed by atoms with Gasteiger partial charge in [-0.2, -0.15) is 4.31 Å². The van der Waals surface area contributed by atoms with Crippen LogP contribution in [0.2, 0.25) is 0 Å². The van der Waals surface area contributed by atoms with Crippen molar-refractivity contribution in [2.24, 2.45) is 0 Å². The summed E-state index contributed by atoms with van der Waals surface area (Å²) >= 11 is 0. The molecule has 0 radical (unpaired) electrons. The zero-order chi connectivity index (χ0) is 21.2. The van der Waals surface area contributed by atoms with Gasteiger partial charge in [-0.25, -0.2) is 8.42 Å². The second-order valence-corrected chi connectivity index (χ2v) is 8.42. The van der Waals surface area contributed by atoms with E-state index in [9.17, 15) is 13.2 Å². The number of carbonyl (C=O) groups is 1. The zero-order valence-electron chi connectivity index (χ0n) is 16.9. The molecule has 7 nitrogen and oxygen atoms in total. The lowest BCUT2D eigenvalue weighted by Gasteiger charge is -2.18. The van der Waals surface area contributed by atoms with Crippen LogP contribution < -0.4 is 10.1 Å².